The van der Waals surface area contributed by atoms with E-state index in [1.807, 2.05) is 0 Å². The number of carbonyl (C=O) groups is 2. The fraction of sp³-hybridized carbons (Fsp3) is 0.125. The molecule has 0 radical (unpaired) electrons. The van der Waals surface area contributed by atoms with E-state index in [9.17, 15) is 31.2 Å². The van der Waals surface area contributed by atoms with Crippen molar-refractivity contribution < 1.29 is 31.2 Å². The Balaban J connectivity index is 2.19. The summed E-state index contributed by atoms with van der Waals surface area (Å²) in [5.41, 5.74) is -2.30. The Morgan fingerprint density at radius 1 is 1.07 bits per heavy atom. The molecule has 1 aliphatic heterocycles. The van der Waals surface area contributed by atoms with Gasteiger partial charge in [-0.15, -0.1) is 0 Å². The molecule has 0 fully saturated rings. The third kappa shape index (κ3) is 2.99. The van der Waals surface area contributed by atoms with E-state index in [0.29, 0.717) is 11.6 Å². The van der Waals surface area contributed by atoms with E-state index in [-0.39, 0.29) is 14.4 Å². The second kappa shape index (κ2) is 6.15. The minimum absolute atomic E-state index is 0.0398. The van der Waals surface area contributed by atoms with Crippen molar-refractivity contribution in [1.29, 1.82) is 0 Å². The molecule has 0 saturated heterocycles. The van der Waals surface area contributed by atoms with E-state index in [1.54, 1.807) is 13.0 Å². The summed E-state index contributed by atoms with van der Waals surface area (Å²) < 4.78 is 65.3. The predicted octanol–water partition coefficient (Wildman–Crippen LogP) is 2.02. The van der Waals surface area contributed by atoms with Crippen molar-refractivity contribution in [2.24, 2.45) is 5.84 Å². The largest absolute Gasteiger partial charge is 0.418 e. The normalized spacial score (nSPS) is 14.8. The van der Waals surface area contributed by atoms with E-state index in [4.69, 9.17) is 5.84 Å². The maximum atomic E-state index is 13.3. The zero-order valence-corrected chi connectivity index (χ0v) is 14.5. The number of alkyl halides is 3. The maximum Gasteiger partial charge on any atom is 0.418 e. The lowest BCUT2D eigenvalue weighted by Gasteiger charge is -2.28. The first kappa shape index (κ1) is 19.0. The van der Waals surface area contributed by atoms with Gasteiger partial charge in [-0.25, -0.2) is 19.3 Å². The second-order valence-electron chi connectivity index (χ2n) is 5.74. The molecule has 1 aliphatic rings. The van der Waals surface area contributed by atoms with Gasteiger partial charge in [-0.2, -0.15) is 13.2 Å². The highest BCUT2D eigenvalue weighted by molar-refractivity contribution is 7.89. The number of halogens is 3. The molecule has 0 bridgehead atoms. The molecule has 0 atom stereocenters. The van der Waals surface area contributed by atoms with Crippen molar-refractivity contribution >= 4 is 27.4 Å². The predicted molar refractivity (Wildman–Crippen MR) is 87.7 cm³/mol. The van der Waals surface area contributed by atoms with Crippen LogP contribution in [0.15, 0.2) is 47.4 Å². The molecule has 1 heterocycles. The molecule has 27 heavy (non-hydrogen) atoms. The first-order chi connectivity index (χ1) is 12.5. The quantitative estimate of drug-likeness (QED) is 0.484. The second-order valence-corrected chi connectivity index (χ2v) is 7.54. The van der Waals surface area contributed by atoms with Crippen LogP contribution in [0.5, 0.6) is 0 Å². The zero-order chi connectivity index (χ0) is 20.1. The third-order valence-electron chi connectivity index (χ3n) is 3.92. The van der Waals surface area contributed by atoms with Crippen LogP contribution in [0, 0.1) is 6.92 Å². The zero-order valence-electron chi connectivity index (χ0n) is 13.7. The number of carbonyl (C=O) groups excluding carboxylic acids is 2. The lowest BCUT2D eigenvalue weighted by Crippen LogP contribution is -2.53. The Morgan fingerprint density at radius 2 is 1.70 bits per heavy atom. The smallest absolute Gasteiger partial charge is 0.283 e. The van der Waals surface area contributed by atoms with Crippen LogP contribution in [-0.4, -0.2) is 24.6 Å². The highest BCUT2D eigenvalue weighted by Crippen LogP contribution is 2.42. The van der Waals surface area contributed by atoms with Crippen LogP contribution in [0.1, 0.15) is 21.5 Å². The first-order valence-corrected chi connectivity index (χ1v) is 8.86. The molecule has 3 rings (SSSR count). The fourth-order valence-electron chi connectivity index (χ4n) is 2.68. The minimum Gasteiger partial charge on any atom is -0.283 e. The Morgan fingerprint density at radius 3 is 2.30 bits per heavy atom. The van der Waals surface area contributed by atoms with Gasteiger partial charge in [-0.1, -0.05) is 18.2 Å². The number of amides is 1. The molecule has 11 heteroatoms. The van der Waals surface area contributed by atoms with Gasteiger partial charge in [0.05, 0.1) is 21.7 Å². The van der Waals surface area contributed by atoms with Crippen LogP contribution in [0.2, 0.25) is 0 Å². The number of ketones is 1. The van der Waals surface area contributed by atoms with Crippen LogP contribution in [0.3, 0.4) is 0 Å². The number of hydrazine groups is 2. The van der Waals surface area contributed by atoms with Crippen LogP contribution < -0.4 is 10.9 Å². The number of Topliss-reactive ketones (excluding diaryl/α,β-unsaturated/α-hetero) is 1. The van der Waals surface area contributed by atoms with E-state index >= 15 is 0 Å². The number of anilines is 1. The summed E-state index contributed by atoms with van der Waals surface area (Å²) in [7, 11) is -4.61. The van der Waals surface area contributed by atoms with Gasteiger partial charge < -0.3 is 0 Å². The van der Waals surface area contributed by atoms with Gasteiger partial charge in [0.1, 0.15) is 0 Å². The molecular formula is C16H12F3N3O4S. The van der Waals surface area contributed by atoms with Gasteiger partial charge >= 0.3 is 12.1 Å². The Kier molecular flexibility index (Phi) is 4.33. The molecule has 0 aliphatic carbocycles. The number of aryl methyl sites for hydroxylation is 1. The van der Waals surface area contributed by atoms with Gasteiger partial charge in [-0.3, -0.25) is 9.59 Å². The molecule has 7 nitrogen and oxygen atoms in total. The lowest BCUT2D eigenvalue weighted by molar-refractivity contribution is -0.137. The number of nitrogens with zero attached hydrogens (tertiary/aromatic N) is 2. The highest BCUT2D eigenvalue weighted by Gasteiger charge is 2.48. The molecule has 2 aromatic rings. The lowest BCUT2D eigenvalue weighted by atomic mass is 10.1. The number of sulfonamides is 1. The van der Waals surface area contributed by atoms with Crippen molar-refractivity contribution in [3.63, 3.8) is 0 Å². The SMILES string of the molecule is Cc1cccc(S(=O)(=O)N(N)N2C(=O)C(=O)c3cccc(C(F)(F)F)c32)c1. The number of hydrogen-bond donors (Lipinski definition) is 1. The standard InChI is InChI=1S/C16H12F3N3O4S/c1-9-4-2-5-10(8-9)27(25,26)22(20)21-13-11(14(23)15(21)24)6-3-7-12(13)16(17,18)19/h2-8H,20H2,1H3. The highest BCUT2D eigenvalue weighted by atomic mass is 32.2. The Labute approximate surface area is 151 Å². The van der Waals surface area contributed by atoms with Crippen LogP contribution in [-0.2, 0) is 21.0 Å². The molecule has 0 unspecified atom stereocenters. The number of hydrogen-bond acceptors (Lipinski definition) is 5. The van der Waals surface area contributed by atoms with E-state index < -0.39 is 44.7 Å². The Hall–Kier alpha value is -2.76. The topological polar surface area (TPSA) is 101 Å². The number of para-hydroxylation sites is 1. The summed E-state index contributed by atoms with van der Waals surface area (Å²) in [4.78, 5) is 24.0. The molecule has 0 aromatic heterocycles. The fourth-order valence-corrected chi connectivity index (χ4v) is 3.85. The van der Waals surface area contributed by atoms with Crippen LogP contribution in [0.4, 0.5) is 18.9 Å². The summed E-state index contributed by atoms with van der Waals surface area (Å²) in [6.45, 7) is 1.60. The average Bonchev–Trinajstić information content (AvgIpc) is 2.84. The first-order valence-electron chi connectivity index (χ1n) is 7.42. The van der Waals surface area contributed by atoms with Gasteiger partial charge in [0, 0.05) is 0 Å². The summed E-state index contributed by atoms with van der Waals surface area (Å²) in [6, 6.07) is 7.98. The van der Waals surface area contributed by atoms with Gasteiger partial charge in [0.2, 0.25) is 0 Å². The van der Waals surface area contributed by atoms with Crippen molar-refractivity contribution in [1.82, 2.24) is 4.52 Å². The van der Waals surface area contributed by atoms with E-state index in [1.165, 1.54) is 18.2 Å². The van der Waals surface area contributed by atoms with Crippen LogP contribution >= 0.6 is 0 Å². The van der Waals surface area contributed by atoms with E-state index in [0.717, 1.165) is 12.1 Å². The summed E-state index contributed by atoms with van der Waals surface area (Å²) >= 11 is 0. The molecular weight excluding hydrogens is 387 g/mol. The van der Waals surface area contributed by atoms with Gasteiger partial charge in [0.15, 0.2) is 0 Å². The molecule has 2 aromatic carbocycles. The summed E-state index contributed by atoms with van der Waals surface area (Å²) in [5.74, 6) is 2.76. The molecule has 0 saturated carbocycles. The number of nitrogens with two attached hydrogens (primary N) is 1. The van der Waals surface area contributed by atoms with Gasteiger partial charge in [0.25, 0.3) is 15.8 Å². The van der Waals surface area contributed by atoms with Crippen molar-refractivity contribution in [2.45, 2.75) is 18.0 Å². The van der Waals surface area contributed by atoms with Crippen molar-refractivity contribution in [3.05, 3.63) is 59.2 Å². The van der Waals surface area contributed by atoms with Crippen molar-refractivity contribution in [3.8, 4) is 0 Å². The number of fused-ring (bicyclic) bond motifs is 1. The van der Waals surface area contributed by atoms with Crippen molar-refractivity contribution in [2.75, 3.05) is 5.01 Å². The van der Waals surface area contributed by atoms with Gasteiger partial charge in [-0.05, 0) is 41.3 Å². The van der Waals surface area contributed by atoms with Crippen LogP contribution in [0.25, 0.3) is 0 Å². The van der Waals surface area contributed by atoms with E-state index in [2.05, 4.69) is 0 Å². The average molecular weight is 399 g/mol. The number of benzene rings is 2. The molecule has 142 valence electrons. The molecule has 1 amide bonds. The maximum absolute atomic E-state index is 13.3. The Bertz CT molecular complexity index is 1070. The number of rotatable bonds is 3. The molecule has 2 N–H and O–H groups in total. The summed E-state index contributed by atoms with van der Waals surface area (Å²) in [5, 5.41) is 0.0398. The minimum atomic E-state index is -4.94. The monoisotopic (exact) mass is 399 g/mol. The third-order valence-corrected chi connectivity index (χ3v) is 5.42. The summed E-state index contributed by atoms with van der Waals surface area (Å²) in [6.07, 6.45) is -4.94. The molecule has 0 spiro atoms.